The van der Waals surface area contributed by atoms with E-state index in [1.807, 2.05) is 0 Å². The lowest BCUT2D eigenvalue weighted by Gasteiger charge is -2.41. The molecule has 1 unspecified atom stereocenters. The Labute approximate surface area is 108 Å². The van der Waals surface area contributed by atoms with Crippen LogP contribution in [0.1, 0.15) is 44.9 Å². The van der Waals surface area contributed by atoms with Gasteiger partial charge in [0.2, 0.25) is 11.8 Å². The van der Waals surface area contributed by atoms with E-state index in [0.717, 1.165) is 38.5 Å². The number of carbonyl (C=O) groups excluding carboxylic acids is 2. The van der Waals surface area contributed by atoms with Crippen molar-refractivity contribution in [2.24, 2.45) is 5.73 Å². The zero-order valence-corrected chi connectivity index (χ0v) is 11.1. The first kappa shape index (κ1) is 13.3. The Bertz CT molecular complexity index is 339. The molecule has 0 spiro atoms. The first-order valence-corrected chi connectivity index (χ1v) is 6.86. The molecule has 1 heterocycles. The summed E-state index contributed by atoms with van der Waals surface area (Å²) < 4.78 is 0. The first-order chi connectivity index (χ1) is 8.56. The Kier molecular flexibility index (Phi) is 3.90. The molecule has 1 aliphatic heterocycles. The number of hydrogen-bond acceptors (Lipinski definition) is 3. The SMILES string of the molecule is CNC(=O)C1CCCCN1C(=O)CC1(N)CCC1. The van der Waals surface area contributed by atoms with Crippen LogP contribution in [0.3, 0.4) is 0 Å². The van der Waals surface area contributed by atoms with Crippen LogP contribution in [-0.2, 0) is 9.59 Å². The van der Waals surface area contributed by atoms with Crippen LogP contribution in [0.15, 0.2) is 0 Å². The van der Waals surface area contributed by atoms with E-state index in [1.165, 1.54) is 0 Å². The lowest BCUT2D eigenvalue weighted by molar-refractivity contribution is -0.143. The first-order valence-electron chi connectivity index (χ1n) is 6.86. The molecule has 1 atom stereocenters. The van der Waals surface area contributed by atoms with Crippen LogP contribution in [0, 0.1) is 0 Å². The van der Waals surface area contributed by atoms with Gasteiger partial charge in [-0.1, -0.05) is 0 Å². The third-order valence-electron chi connectivity index (χ3n) is 4.22. The third-order valence-corrected chi connectivity index (χ3v) is 4.22. The molecular weight excluding hydrogens is 230 g/mol. The summed E-state index contributed by atoms with van der Waals surface area (Å²) in [5, 5.41) is 2.65. The summed E-state index contributed by atoms with van der Waals surface area (Å²) in [5.41, 5.74) is 5.81. The number of rotatable bonds is 3. The average molecular weight is 253 g/mol. The van der Waals surface area contributed by atoms with Gasteiger partial charge in [0.05, 0.1) is 0 Å². The van der Waals surface area contributed by atoms with Gasteiger partial charge >= 0.3 is 0 Å². The molecule has 1 saturated heterocycles. The van der Waals surface area contributed by atoms with Gasteiger partial charge in [-0.2, -0.15) is 0 Å². The number of nitrogens with zero attached hydrogens (tertiary/aromatic N) is 1. The Morgan fingerprint density at radius 1 is 1.33 bits per heavy atom. The van der Waals surface area contributed by atoms with E-state index < -0.39 is 0 Å². The smallest absolute Gasteiger partial charge is 0.242 e. The van der Waals surface area contributed by atoms with E-state index in [-0.39, 0.29) is 23.4 Å². The minimum atomic E-state index is -0.304. The van der Waals surface area contributed by atoms with E-state index in [9.17, 15) is 9.59 Å². The average Bonchev–Trinajstić information content (AvgIpc) is 2.36. The van der Waals surface area contributed by atoms with E-state index >= 15 is 0 Å². The summed E-state index contributed by atoms with van der Waals surface area (Å²) in [6.07, 6.45) is 6.12. The van der Waals surface area contributed by atoms with Gasteiger partial charge in [0.25, 0.3) is 0 Å². The number of amides is 2. The Hall–Kier alpha value is -1.10. The van der Waals surface area contributed by atoms with Crippen LogP contribution in [0.2, 0.25) is 0 Å². The second-order valence-electron chi connectivity index (χ2n) is 5.61. The molecule has 5 heteroatoms. The highest BCUT2D eigenvalue weighted by Crippen LogP contribution is 2.33. The number of hydrogen-bond donors (Lipinski definition) is 2. The minimum Gasteiger partial charge on any atom is -0.357 e. The monoisotopic (exact) mass is 253 g/mol. The third kappa shape index (κ3) is 2.66. The Morgan fingerprint density at radius 2 is 2.06 bits per heavy atom. The van der Waals surface area contributed by atoms with Crippen molar-refractivity contribution in [1.29, 1.82) is 0 Å². The van der Waals surface area contributed by atoms with Crippen LogP contribution < -0.4 is 11.1 Å². The van der Waals surface area contributed by atoms with Gasteiger partial charge < -0.3 is 16.0 Å². The van der Waals surface area contributed by atoms with E-state index in [1.54, 1.807) is 11.9 Å². The number of likely N-dealkylation sites (tertiary alicyclic amines) is 1. The topological polar surface area (TPSA) is 75.4 Å². The molecule has 2 rings (SSSR count). The molecular formula is C13H23N3O2. The molecule has 2 aliphatic rings. The number of piperidine rings is 1. The molecule has 3 N–H and O–H groups in total. The van der Waals surface area contributed by atoms with Crippen LogP contribution in [0.25, 0.3) is 0 Å². The molecule has 2 amide bonds. The van der Waals surface area contributed by atoms with E-state index in [4.69, 9.17) is 5.73 Å². The van der Waals surface area contributed by atoms with Crippen molar-refractivity contribution in [3.05, 3.63) is 0 Å². The van der Waals surface area contributed by atoms with Gasteiger partial charge in [-0.15, -0.1) is 0 Å². The highest BCUT2D eigenvalue weighted by molar-refractivity contribution is 5.88. The Morgan fingerprint density at radius 3 is 2.61 bits per heavy atom. The molecule has 1 aliphatic carbocycles. The summed E-state index contributed by atoms with van der Waals surface area (Å²) in [7, 11) is 1.62. The second kappa shape index (κ2) is 5.26. The summed E-state index contributed by atoms with van der Waals surface area (Å²) >= 11 is 0. The van der Waals surface area contributed by atoms with Crippen molar-refractivity contribution >= 4 is 11.8 Å². The van der Waals surface area contributed by atoms with Crippen molar-refractivity contribution in [2.45, 2.75) is 56.5 Å². The summed E-state index contributed by atoms with van der Waals surface area (Å²) in [6.45, 7) is 0.688. The molecule has 5 nitrogen and oxygen atoms in total. The highest BCUT2D eigenvalue weighted by atomic mass is 16.2. The predicted molar refractivity (Wildman–Crippen MR) is 68.8 cm³/mol. The highest BCUT2D eigenvalue weighted by Gasteiger charge is 2.39. The van der Waals surface area contributed by atoms with Gasteiger partial charge in [0.15, 0.2) is 0 Å². The zero-order chi connectivity index (χ0) is 13.2. The predicted octanol–water partition coefficient (Wildman–Crippen LogP) is 0.385. The van der Waals surface area contributed by atoms with Gasteiger partial charge in [0.1, 0.15) is 6.04 Å². The molecule has 0 aromatic heterocycles. The number of nitrogens with two attached hydrogens (primary N) is 1. The van der Waals surface area contributed by atoms with E-state index in [0.29, 0.717) is 13.0 Å². The quantitative estimate of drug-likeness (QED) is 0.763. The molecule has 0 aromatic rings. The maximum atomic E-state index is 12.3. The maximum absolute atomic E-state index is 12.3. The molecule has 18 heavy (non-hydrogen) atoms. The summed E-state index contributed by atoms with van der Waals surface area (Å²) in [5.74, 6) is -0.00627. The van der Waals surface area contributed by atoms with Crippen molar-refractivity contribution in [2.75, 3.05) is 13.6 Å². The molecule has 1 saturated carbocycles. The molecule has 0 bridgehead atoms. The molecule has 0 radical (unpaired) electrons. The lowest BCUT2D eigenvalue weighted by atomic mass is 9.75. The molecule has 2 fully saturated rings. The fourth-order valence-electron chi connectivity index (χ4n) is 2.88. The number of likely N-dealkylation sites (N-methyl/N-ethyl adjacent to an activating group) is 1. The lowest BCUT2D eigenvalue weighted by Crippen LogP contribution is -2.55. The van der Waals surface area contributed by atoms with Gasteiger partial charge in [-0.25, -0.2) is 0 Å². The Balaban J connectivity index is 1.99. The largest absolute Gasteiger partial charge is 0.357 e. The summed E-state index contributed by atoms with van der Waals surface area (Å²) in [6, 6.07) is -0.292. The second-order valence-corrected chi connectivity index (χ2v) is 5.61. The van der Waals surface area contributed by atoms with Crippen LogP contribution in [0.5, 0.6) is 0 Å². The van der Waals surface area contributed by atoms with Crippen LogP contribution in [0.4, 0.5) is 0 Å². The minimum absolute atomic E-state index is 0.0468. The fraction of sp³-hybridized carbons (Fsp3) is 0.846. The van der Waals surface area contributed by atoms with Gasteiger partial charge in [-0.05, 0) is 38.5 Å². The van der Waals surface area contributed by atoms with E-state index in [2.05, 4.69) is 5.32 Å². The maximum Gasteiger partial charge on any atom is 0.242 e. The number of nitrogens with one attached hydrogen (secondary N) is 1. The van der Waals surface area contributed by atoms with Crippen LogP contribution >= 0.6 is 0 Å². The zero-order valence-electron chi connectivity index (χ0n) is 11.1. The fourth-order valence-corrected chi connectivity index (χ4v) is 2.88. The van der Waals surface area contributed by atoms with Crippen molar-refractivity contribution in [3.63, 3.8) is 0 Å². The molecule has 102 valence electrons. The summed E-state index contributed by atoms with van der Waals surface area (Å²) in [4.78, 5) is 25.8. The van der Waals surface area contributed by atoms with Crippen molar-refractivity contribution in [1.82, 2.24) is 10.2 Å². The molecule has 0 aromatic carbocycles. The van der Waals surface area contributed by atoms with Crippen LogP contribution in [-0.4, -0.2) is 41.9 Å². The normalized spacial score (nSPS) is 26.3. The van der Waals surface area contributed by atoms with Crippen molar-refractivity contribution < 1.29 is 9.59 Å². The van der Waals surface area contributed by atoms with Gasteiger partial charge in [-0.3, -0.25) is 9.59 Å². The van der Waals surface area contributed by atoms with Crippen molar-refractivity contribution in [3.8, 4) is 0 Å². The standard InChI is InChI=1S/C13H23N3O2/c1-15-12(18)10-5-2-3-8-16(10)11(17)9-13(14)6-4-7-13/h10H,2-9,14H2,1H3,(H,15,18). The number of carbonyl (C=O) groups is 2. The van der Waals surface area contributed by atoms with Gasteiger partial charge in [0, 0.05) is 25.6 Å².